The molecule has 0 atom stereocenters. The highest BCUT2D eigenvalue weighted by Gasteiger charge is 2.28. The molecule has 0 saturated heterocycles. The highest BCUT2D eigenvalue weighted by atomic mass is 32.2. The lowest BCUT2D eigenvalue weighted by Crippen LogP contribution is -2.19. The van der Waals surface area contributed by atoms with Gasteiger partial charge in [0.1, 0.15) is 5.69 Å². The van der Waals surface area contributed by atoms with Gasteiger partial charge in [-0.2, -0.15) is 0 Å². The Balaban J connectivity index is 1.88. The molecule has 4 rings (SSSR count). The third-order valence-electron chi connectivity index (χ3n) is 6.11. The van der Waals surface area contributed by atoms with Crippen LogP contribution in [-0.2, 0) is 30.1 Å². The molecule has 4 aromatic rings. The van der Waals surface area contributed by atoms with Crippen LogP contribution in [-0.4, -0.2) is 30.2 Å². The predicted octanol–water partition coefficient (Wildman–Crippen LogP) is 4.92. The maximum atomic E-state index is 13.3. The fourth-order valence-corrected chi connectivity index (χ4v) is 7.34. The SMILES string of the molecule is Cc1ccc(S(=O)(=O)Nc2cc(NS(=O)(=O)c3ccccc3C)c([N+](=O)[O-])cc2NS(=O)(=O)c2ccc(C)cc2)cc1. The van der Waals surface area contributed by atoms with Crippen molar-refractivity contribution in [2.45, 2.75) is 35.5 Å². The Labute approximate surface area is 243 Å². The summed E-state index contributed by atoms with van der Waals surface area (Å²) in [6, 6.07) is 19.0. The quantitative estimate of drug-likeness (QED) is 0.163. The monoisotopic (exact) mass is 630 g/mol. The highest BCUT2D eigenvalue weighted by molar-refractivity contribution is 7.93. The van der Waals surface area contributed by atoms with Gasteiger partial charge in [0.05, 0.1) is 31.0 Å². The van der Waals surface area contributed by atoms with E-state index in [0.29, 0.717) is 5.56 Å². The van der Waals surface area contributed by atoms with Gasteiger partial charge in [0, 0.05) is 6.07 Å². The third-order valence-corrected chi connectivity index (χ3v) is 10.4. The summed E-state index contributed by atoms with van der Waals surface area (Å²) in [5.74, 6) is 0. The zero-order valence-electron chi connectivity index (χ0n) is 22.5. The Morgan fingerprint density at radius 1 is 0.571 bits per heavy atom. The molecule has 4 aromatic carbocycles. The lowest BCUT2D eigenvalue weighted by Gasteiger charge is -2.17. The van der Waals surface area contributed by atoms with E-state index in [1.807, 2.05) is 0 Å². The van der Waals surface area contributed by atoms with Gasteiger partial charge < -0.3 is 0 Å². The molecular weight excluding hydrogens is 605 g/mol. The Morgan fingerprint density at radius 2 is 1.00 bits per heavy atom. The van der Waals surface area contributed by atoms with Gasteiger partial charge in [-0.3, -0.25) is 24.3 Å². The van der Waals surface area contributed by atoms with E-state index in [4.69, 9.17) is 0 Å². The van der Waals surface area contributed by atoms with E-state index in [0.717, 1.165) is 23.3 Å². The summed E-state index contributed by atoms with van der Waals surface area (Å²) in [4.78, 5) is 10.6. The molecule has 220 valence electrons. The molecule has 3 N–H and O–H groups in total. The van der Waals surface area contributed by atoms with E-state index >= 15 is 0 Å². The summed E-state index contributed by atoms with van der Waals surface area (Å²) in [5, 5.41) is 12.0. The first-order valence-electron chi connectivity index (χ1n) is 12.2. The van der Waals surface area contributed by atoms with Crippen LogP contribution in [0.15, 0.2) is 99.6 Å². The van der Waals surface area contributed by atoms with Crippen LogP contribution in [0.3, 0.4) is 0 Å². The van der Waals surface area contributed by atoms with Crippen molar-refractivity contribution in [3.63, 3.8) is 0 Å². The van der Waals surface area contributed by atoms with Crippen molar-refractivity contribution < 1.29 is 30.2 Å². The molecule has 0 aliphatic carbocycles. The van der Waals surface area contributed by atoms with Crippen molar-refractivity contribution in [1.82, 2.24) is 0 Å². The number of benzene rings is 4. The molecule has 0 bridgehead atoms. The van der Waals surface area contributed by atoms with Crippen molar-refractivity contribution in [2.24, 2.45) is 0 Å². The minimum Gasteiger partial charge on any atom is -0.277 e. The van der Waals surface area contributed by atoms with Crippen LogP contribution in [0, 0.1) is 30.9 Å². The molecule has 0 unspecified atom stereocenters. The molecule has 0 aliphatic heterocycles. The Bertz CT molecular complexity index is 1990. The van der Waals surface area contributed by atoms with Gasteiger partial charge in [0.25, 0.3) is 35.8 Å². The number of nitrogens with one attached hydrogen (secondary N) is 3. The summed E-state index contributed by atoms with van der Waals surface area (Å²) < 4.78 is 85.8. The number of hydrogen-bond acceptors (Lipinski definition) is 8. The highest BCUT2D eigenvalue weighted by Crippen LogP contribution is 2.38. The summed E-state index contributed by atoms with van der Waals surface area (Å²) in [5.41, 5.74) is -0.466. The standard InChI is InChI=1S/C27H26N4O8S3/c1-18-8-12-21(13-9-18)40(34,35)28-23-16-25(30-42(38,39)27-7-5-4-6-20(27)3)26(31(32)33)17-24(23)29-41(36,37)22-14-10-19(2)11-15-22/h4-17,28-30H,1-3H3. The molecular formula is C27H26N4O8S3. The van der Waals surface area contributed by atoms with Crippen molar-refractivity contribution in [1.29, 1.82) is 0 Å². The smallest absolute Gasteiger partial charge is 0.277 e. The molecule has 0 saturated carbocycles. The van der Waals surface area contributed by atoms with E-state index in [2.05, 4.69) is 14.2 Å². The molecule has 0 amide bonds. The van der Waals surface area contributed by atoms with Crippen LogP contribution < -0.4 is 14.2 Å². The fraction of sp³-hybridized carbons (Fsp3) is 0.111. The second-order valence-corrected chi connectivity index (χ2v) is 14.4. The average Bonchev–Trinajstić information content (AvgIpc) is 2.90. The van der Waals surface area contributed by atoms with Crippen molar-refractivity contribution in [2.75, 3.05) is 14.2 Å². The number of nitro groups is 1. The van der Waals surface area contributed by atoms with Crippen molar-refractivity contribution in [3.8, 4) is 0 Å². The number of rotatable bonds is 10. The van der Waals surface area contributed by atoms with E-state index in [1.165, 1.54) is 49.4 Å². The molecule has 0 fully saturated rings. The first-order chi connectivity index (χ1) is 19.6. The maximum Gasteiger partial charge on any atom is 0.295 e. The van der Waals surface area contributed by atoms with Crippen LogP contribution >= 0.6 is 0 Å². The van der Waals surface area contributed by atoms with E-state index < -0.39 is 57.7 Å². The van der Waals surface area contributed by atoms with Crippen LogP contribution in [0.4, 0.5) is 22.7 Å². The minimum absolute atomic E-state index is 0.162. The number of sulfonamides is 3. The Kier molecular flexibility index (Phi) is 8.29. The lowest BCUT2D eigenvalue weighted by molar-refractivity contribution is -0.383. The molecule has 0 aromatic heterocycles. The number of hydrogen-bond donors (Lipinski definition) is 3. The zero-order chi connectivity index (χ0) is 30.9. The maximum absolute atomic E-state index is 13.3. The first kappa shape index (κ1) is 30.5. The van der Waals surface area contributed by atoms with Crippen LogP contribution in [0.1, 0.15) is 16.7 Å². The van der Waals surface area contributed by atoms with Gasteiger partial charge in [0.15, 0.2) is 0 Å². The average molecular weight is 631 g/mol. The molecule has 0 aliphatic rings. The lowest BCUT2D eigenvalue weighted by atomic mass is 10.2. The molecule has 42 heavy (non-hydrogen) atoms. The van der Waals surface area contributed by atoms with Gasteiger partial charge in [-0.25, -0.2) is 25.3 Å². The Hall–Kier alpha value is -4.47. The van der Waals surface area contributed by atoms with Crippen molar-refractivity contribution in [3.05, 3.63) is 112 Å². The molecule has 15 heteroatoms. The summed E-state index contributed by atoms with van der Waals surface area (Å²) in [6.45, 7) is 5.04. The molecule has 0 spiro atoms. The van der Waals surface area contributed by atoms with Gasteiger partial charge in [-0.15, -0.1) is 0 Å². The van der Waals surface area contributed by atoms with Gasteiger partial charge in [0.2, 0.25) is 0 Å². The second-order valence-electron chi connectivity index (χ2n) is 9.38. The van der Waals surface area contributed by atoms with Gasteiger partial charge in [-0.1, -0.05) is 53.6 Å². The minimum atomic E-state index is -4.38. The number of aryl methyl sites for hydroxylation is 3. The number of nitrogens with zero attached hydrogens (tertiary/aromatic N) is 1. The first-order valence-corrected chi connectivity index (χ1v) is 16.6. The third kappa shape index (κ3) is 6.70. The van der Waals surface area contributed by atoms with E-state index in [9.17, 15) is 35.4 Å². The zero-order valence-corrected chi connectivity index (χ0v) is 25.0. The van der Waals surface area contributed by atoms with Gasteiger partial charge >= 0.3 is 0 Å². The van der Waals surface area contributed by atoms with Gasteiger partial charge in [-0.05, 0) is 62.7 Å². The predicted molar refractivity (Wildman–Crippen MR) is 159 cm³/mol. The normalized spacial score (nSPS) is 12.0. The molecule has 12 nitrogen and oxygen atoms in total. The van der Waals surface area contributed by atoms with E-state index in [-0.39, 0.29) is 14.7 Å². The van der Waals surface area contributed by atoms with Crippen molar-refractivity contribution >= 4 is 52.8 Å². The summed E-state index contributed by atoms with van der Waals surface area (Å²) in [6.07, 6.45) is 0. The van der Waals surface area contributed by atoms with Crippen LogP contribution in [0.5, 0.6) is 0 Å². The Morgan fingerprint density at radius 3 is 1.45 bits per heavy atom. The second kappa shape index (κ2) is 11.4. The number of anilines is 3. The van der Waals surface area contributed by atoms with E-state index in [1.54, 1.807) is 44.2 Å². The summed E-state index contributed by atoms with van der Waals surface area (Å²) >= 11 is 0. The topological polar surface area (TPSA) is 182 Å². The number of nitro benzene ring substituents is 1. The summed E-state index contributed by atoms with van der Waals surface area (Å²) in [7, 11) is -13.1. The van der Waals surface area contributed by atoms with Crippen LogP contribution in [0.25, 0.3) is 0 Å². The fourth-order valence-electron chi connectivity index (χ4n) is 3.89. The van der Waals surface area contributed by atoms with Crippen LogP contribution in [0.2, 0.25) is 0 Å². The molecule has 0 radical (unpaired) electrons. The molecule has 0 heterocycles. The largest absolute Gasteiger partial charge is 0.295 e.